The molecule has 0 aliphatic heterocycles. The molecule has 0 amide bonds. The van der Waals surface area contributed by atoms with Crippen molar-refractivity contribution in [2.75, 3.05) is 0 Å². The molecule has 5 heteroatoms. The van der Waals surface area contributed by atoms with E-state index >= 15 is 0 Å². The molecule has 1 heterocycles. The van der Waals surface area contributed by atoms with Crippen molar-refractivity contribution in [2.45, 2.75) is 19.8 Å². The Morgan fingerprint density at radius 1 is 1.54 bits per heavy atom. The van der Waals surface area contributed by atoms with Crippen molar-refractivity contribution in [3.05, 3.63) is 16.1 Å². The number of Topliss-reactive ketones (excluding diaryl/α,β-unsaturated/α-hetero) is 1. The number of nitrogens with zero attached hydrogens (tertiary/aromatic N) is 1. The summed E-state index contributed by atoms with van der Waals surface area (Å²) < 4.78 is 0. The van der Waals surface area contributed by atoms with Crippen molar-refractivity contribution in [2.24, 2.45) is 0 Å². The highest BCUT2D eigenvalue weighted by Gasteiger charge is 2.18. The minimum Gasteiger partial charge on any atom is -0.475 e. The highest BCUT2D eigenvalue weighted by molar-refractivity contribution is 7.14. The number of carboxylic acids is 1. The van der Waals surface area contributed by atoms with E-state index in [-0.39, 0.29) is 10.8 Å². The predicted molar refractivity (Wildman–Crippen MR) is 48.2 cm³/mol. The summed E-state index contributed by atoms with van der Waals surface area (Å²) in [6.07, 6.45) is 1.32. The minimum atomic E-state index is -1.43. The van der Waals surface area contributed by atoms with Crippen LogP contribution < -0.4 is 0 Å². The quantitative estimate of drug-likeness (QED) is 0.592. The van der Waals surface area contributed by atoms with Gasteiger partial charge < -0.3 is 5.11 Å². The number of carbonyl (C=O) groups is 2. The van der Waals surface area contributed by atoms with Gasteiger partial charge in [-0.05, 0) is 0 Å². The van der Waals surface area contributed by atoms with Gasteiger partial charge in [0.25, 0.3) is 5.78 Å². The molecule has 70 valence electrons. The fraction of sp³-hybridized carbons (Fsp3) is 0.375. The van der Waals surface area contributed by atoms with Gasteiger partial charge in [-0.1, -0.05) is 13.8 Å². The Kier molecular flexibility index (Phi) is 2.77. The van der Waals surface area contributed by atoms with E-state index < -0.39 is 11.8 Å². The first-order valence-electron chi connectivity index (χ1n) is 3.75. The van der Waals surface area contributed by atoms with E-state index in [1.54, 1.807) is 0 Å². The van der Waals surface area contributed by atoms with Gasteiger partial charge in [-0.15, -0.1) is 11.3 Å². The topological polar surface area (TPSA) is 67.3 Å². The number of carboxylic acid groups (broad SMARTS) is 1. The SMILES string of the molecule is CC(C)c1ncc(C(=O)C(=O)O)s1. The van der Waals surface area contributed by atoms with Crippen LogP contribution >= 0.6 is 11.3 Å². The van der Waals surface area contributed by atoms with Crippen LogP contribution in [0.2, 0.25) is 0 Å². The van der Waals surface area contributed by atoms with Crippen LogP contribution in [-0.4, -0.2) is 21.8 Å². The minimum absolute atomic E-state index is 0.191. The number of aromatic nitrogens is 1. The molecule has 4 nitrogen and oxygen atoms in total. The maximum Gasteiger partial charge on any atom is 0.378 e. The molecular formula is C8H9NO3S. The number of rotatable bonds is 3. The second-order valence-electron chi connectivity index (χ2n) is 2.85. The van der Waals surface area contributed by atoms with E-state index in [2.05, 4.69) is 4.98 Å². The Morgan fingerprint density at radius 2 is 2.15 bits per heavy atom. The van der Waals surface area contributed by atoms with Crippen LogP contribution in [0.4, 0.5) is 0 Å². The van der Waals surface area contributed by atoms with Crippen molar-refractivity contribution >= 4 is 23.1 Å². The maximum absolute atomic E-state index is 11.0. The number of hydrogen-bond acceptors (Lipinski definition) is 4. The zero-order chi connectivity index (χ0) is 10.0. The molecule has 1 rings (SSSR count). The third-order valence-electron chi connectivity index (χ3n) is 1.44. The van der Waals surface area contributed by atoms with Crippen LogP contribution in [0.5, 0.6) is 0 Å². The molecule has 0 unspecified atom stereocenters. The van der Waals surface area contributed by atoms with Crippen LogP contribution in [0.3, 0.4) is 0 Å². The van der Waals surface area contributed by atoms with Gasteiger partial charge in [0.05, 0.1) is 5.01 Å². The van der Waals surface area contributed by atoms with Gasteiger partial charge in [-0.3, -0.25) is 4.79 Å². The Balaban J connectivity index is 2.92. The molecule has 1 aromatic heterocycles. The molecule has 0 aliphatic carbocycles. The predicted octanol–water partition coefficient (Wildman–Crippen LogP) is 1.53. The van der Waals surface area contributed by atoms with Crippen LogP contribution in [0, 0.1) is 0 Å². The molecule has 0 bridgehead atoms. The summed E-state index contributed by atoms with van der Waals surface area (Å²) in [5.74, 6) is -2.09. The maximum atomic E-state index is 11.0. The first kappa shape index (κ1) is 9.85. The smallest absolute Gasteiger partial charge is 0.378 e. The normalized spacial score (nSPS) is 10.4. The monoisotopic (exact) mass is 199 g/mol. The molecule has 0 aromatic carbocycles. The van der Waals surface area contributed by atoms with E-state index in [4.69, 9.17) is 5.11 Å². The molecule has 0 fully saturated rings. The first-order chi connectivity index (χ1) is 6.02. The van der Waals surface area contributed by atoms with Crippen molar-refractivity contribution in [1.29, 1.82) is 0 Å². The lowest BCUT2D eigenvalue weighted by Crippen LogP contribution is -2.10. The van der Waals surface area contributed by atoms with E-state index in [1.807, 2.05) is 13.8 Å². The summed E-state index contributed by atoms with van der Waals surface area (Å²) in [7, 11) is 0. The lowest BCUT2D eigenvalue weighted by atomic mass is 10.2. The summed E-state index contributed by atoms with van der Waals surface area (Å²) in [6.45, 7) is 3.88. The molecule has 0 saturated carbocycles. The summed E-state index contributed by atoms with van der Waals surface area (Å²) in [5.41, 5.74) is 0. The van der Waals surface area contributed by atoms with E-state index in [0.29, 0.717) is 0 Å². The van der Waals surface area contributed by atoms with Gasteiger partial charge in [0.2, 0.25) is 0 Å². The standard InChI is InChI=1S/C8H9NO3S/c1-4(2)7-9-3-5(13-7)6(10)8(11)12/h3-4H,1-2H3,(H,11,12). The lowest BCUT2D eigenvalue weighted by Gasteiger charge is -1.94. The second kappa shape index (κ2) is 3.66. The van der Waals surface area contributed by atoms with Gasteiger partial charge in [-0.2, -0.15) is 0 Å². The molecule has 1 aromatic rings. The molecular weight excluding hydrogens is 190 g/mol. The van der Waals surface area contributed by atoms with Crippen LogP contribution in [0.25, 0.3) is 0 Å². The lowest BCUT2D eigenvalue weighted by molar-refractivity contribution is -0.131. The average Bonchev–Trinajstić information content (AvgIpc) is 2.50. The molecule has 0 saturated heterocycles. The van der Waals surface area contributed by atoms with Gasteiger partial charge >= 0.3 is 5.97 Å². The van der Waals surface area contributed by atoms with Crippen molar-refractivity contribution < 1.29 is 14.7 Å². The molecule has 0 atom stereocenters. The molecule has 13 heavy (non-hydrogen) atoms. The number of thiazole rings is 1. The molecule has 0 spiro atoms. The highest BCUT2D eigenvalue weighted by Crippen LogP contribution is 2.21. The number of hydrogen-bond donors (Lipinski definition) is 1. The zero-order valence-electron chi connectivity index (χ0n) is 7.27. The van der Waals surface area contributed by atoms with Crippen molar-refractivity contribution in [1.82, 2.24) is 4.98 Å². The average molecular weight is 199 g/mol. The highest BCUT2D eigenvalue weighted by atomic mass is 32.1. The van der Waals surface area contributed by atoms with Gasteiger partial charge in [0.15, 0.2) is 0 Å². The zero-order valence-corrected chi connectivity index (χ0v) is 8.09. The summed E-state index contributed by atoms with van der Waals surface area (Å²) in [5, 5.41) is 9.19. The third kappa shape index (κ3) is 2.12. The summed E-state index contributed by atoms with van der Waals surface area (Å²) in [6, 6.07) is 0. The summed E-state index contributed by atoms with van der Waals surface area (Å²) >= 11 is 1.14. The first-order valence-corrected chi connectivity index (χ1v) is 4.57. The molecule has 0 aliphatic rings. The second-order valence-corrected chi connectivity index (χ2v) is 3.91. The van der Waals surface area contributed by atoms with Gasteiger partial charge in [-0.25, -0.2) is 9.78 Å². The summed E-state index contributed by atoms with van der Waals surface area (Å²) in [4.78, 5) is 25.4. The Bertz CT molecular complexity index is 343. The van der Waals surface area contributed by atoms with E-state index in [1.165, 1.54) is 6.20 Å². The number of carbonyl (C=O) groups excluding carboxylic acids is 1. The van der Waals surface area contributed by atoms with Crippen LogP contribution in [0.1, 0.15) is 34.4 Å². The Labute approximate surface area is 79.2 Å². The van der Waals surface area contributed by atoms with Crippen molar-refractivity contribution in [3.8, 4) is 0 Å². The number of ketones is 1. The fourth-order valence-electron chi connectivity index (χ4n) is 0.765. The Hall–Kier alpha value is -1.23. The van der Waals surface area contributed by atoms with Gasteiger partial charge in [0.1, 0.15) is 4.88 Å². The van der Waals surface area contributed by atoms with Crippen LogP contribution in [0.15, 0.2) is 6.20 Å². The van der Waals surface area contributed by atoms with E-state index in [0.717, 1.165) is 16.3 Å². The Morgan fingerprint density at radius 3 is 2.54 bits per heavy atom. The molecule has 0 radical (unpaired) electrons. The molecule has 1 N–H and O–H groups in total. The van der Waals surface area contributed by atoms with Crippen LogP contribution in [-0.2, 0) is 4.79 Å². The van der Waals surface area contributed by atoms with Crippen molar-refractivity contribution in [3.63, 3.8) is 0 Å². The largest absolute Gasteiger partial charge is 0.475 e. The van der Waals surface area contributed by atoms with Gasteiger partial charge in [0, 0.05) is 12.1 Å². The third-order valence-corrected chi connectivity index (χ3v) is 2.73. The fourth-order valence-corrected chi connectivity index (χ4v) is 1.62. The van der Waals surface area contributed by atoms with E-state index in [9.17, 15) is 9.59 Å². The number of aliphatic carboxylic acids is 1.